The molecule has 0 spiro atoms. The third kappa shape index (κ3) is 4.23. The first-order valence-corrected chi connectivity index (χ1v) is 6.72. The number of aryl methyl sites for hydroxylation is 1. The maximum Gasteiger partial charge on any atom is 0.233 e. The van der Waals surface area contributed by atoms with Crippen molar-refractivity contribution in [3.63, 3.8) is 0 Å². The van der Waals surface area contributed by atoms with Crippen LogP contribution in [0.25, 0.3) is 0 Å². The van der Waals surface area contributed by atoms with E-state index in [0.717, 1.165) is 16.1 Å². The van der Waals surface area contributed by atoms with Crippen LogP contribution in [0.2, 0.25) is 0 Å². The number of ether oxygens (including phenoxy) is 1. The van der Waals surface area contributed by atoms with Crippen LogP contribution in [0.3, 0.4) is 0 Å². The van der Waals surface area contributed by atoms with Crippen molar-refractivity contribution in [3.8, 4) is 0 Å². The van der Waals surface area contributed by atoms with E-state index in [0.29, 0.717) is 13.2 Å². The van der Waals surface area contributed by atoms with Crippen molar-refractivity contribution in [1.82, 2.24) is 5.32 Å². The number of hydrogen-bond acceptors (Lipinski definition) is 4. The molecule has 0 saturated heterocycles. The normalized spacial score (nSPS) is 12.2. The average Bonchev–Trinajstić information content (AvgIpc) is 2.35. The van der Waals surface area contributed by atoms with E-state index in [-0.39, 0.29) is 11.2 Å². The van der Waals surface area contributed by atoms with E-state index in [1.807, 2.05) is 32.0 Å². The number of amides is 1. The summed E-state index contributed by atoms with van der Waals surface area (Å²) in [4.78, 5) is 12.7. The van der Waals surface area contributed by atoms with Crippen LogP contribution >= 0.6 is 11.8 Å². The summed E-state index contributed by atoms with van der Waals surface area (Å²) in [6.45, 7) is 4.89. The lowest BCUT2D eigenvalue weighted by atomic mass is 10.2. The van der Waals surface area contributed by atoms with E-state index in [2.05, 4.69) is 5.32 Å². The van der Waals surface area contributed by atoms with Gasteiger partial charge < -0.3 is 15.8 Å². The highest BCUT2D eigenvalue weighted by Gasteiger charge is 2.15. The molecule has 5 heteroatoms. The van der Waals surface area contributed by atoms with Crippen LogP contribution in [-0.4, -0.2) is 31.4 Å². The molecule has 0 heterocycles. The highest BCUT2D eigenvalue weighted by molar-refractivity contribution is 8.00. The molecule has 0 aromatic heterocycles. The van der Waals surface area contributed by atoms with Gasteiger partial charge in [0.2, 0.25) is 5.91 Å². The Morgan fingerprint density at radius 1 is 1.56 bits per heavy atom. The number of benzene rings is 1. The Hall–Kier alpha value is -1.20. The highest BCUT2D eigenvalue weighted by atomic mass is 32.2. The lowest BCUT2D eigenvalue weighted by Gasteiger charge is -2.14. The largest absolute Gasteiger partial charge is 0.398 e. The molecule has 0 aliphatic carbocycles. The van der Waals surface area contributed by atoms with Gasteiger partial charge in [0.05, 0.1) is 11.9 Å². The van der Waals surface area contributed by atoms with Crippen LogP contribution in [0.4, 0.5) is 5.69 Å². The molecule has 1 unspecified atom stereocenters. The Morgan fingerprint density at radius 3 is 2.94 bits per heavy atom. The number of nitrogens with two attached hydrogens (primary N) is 1. The predicted octanol–water partition coefficient (Wildman–Crippen LogP) is 1.82. The van der Waals surface area contributed by atoms with Crippen LogP contribution in [0, 0.1) is 6.92 Å². The second-order valence-electron chi connectivity index (χ2n) is 4.03. The maximum atomic E-state index is 11.8. The Balaban J connectivity index is 2.56. The minimum absolute atomic E-state index is 0.00189. The van der Waals surface area contributed by atoms with Crippen LogP contribution in [-0.2, 0) is 9.53 Å². The van der Waals surface area contributed by atoms with Gasteiger partial charge in [-0.1, -0.05) is 12.1 Å². The highest BCUT2D eigenvalue weighted by Crippen LogP contribution is 2.30. The molecule has 0 bridgehead atoms. The standard InChI is InChI=1S/C13H20N2O2S/c1-9-5-4-6-11(12(9)14)18-10(2)13(16)15-7-8-17-3/h4-6,10H,7-8,14H2,1-3H3,(H,15,16). The Bertz CT molecular complexity index is 410. The molecule has 0 fully saturated rings. The number of carbonyl (C=O) groups is 1. The number of methoxy groups -OCH3 is 1. The molecule has 1 aromatic carbocycles. The molecular formula is C13H20N2O2S. The van der Waals surface area contributed by atoms with Gasteiger partial charge in [0.15, 0.2) is 0 Å². The zero-order chi connectivity index (χ0) is 13.5. The minimum Gasteiger partial charge on any atom is -0.398 e. The first-order valence-electron chi connectivity index (χ1n) is 5.84. The van der Waals surface area contributed by atoms with Gasteiger partial charge in [-0.2, -0.15) is 0 Å². The van der Waals surface area contributed by atoms with Crippen molar-refractivity contribution in [2.45, 2.75) is 24.0 Å². The van der Waals surface area contributed by atoms with E-state index in [1.165, 1.54) is 11.8 Å². The number of thioether (sulfide) groups is 1. The summed E-state index contributed by atoms with van der Waals surface area (Å²) in [6, 6.07) is 5.85. The van der Waals surface area contributed by atoms with Crippen molar-refractivity contribution in [2.24, 2.45) is 0 Å². The number of carbonyl (C=O) groups excluding carboxylic acids is 1. The molecule has 1 amide bonds. The van der Waals surface area contributed by atoms with Crippen molar-refractivity contribution >= 4 is 23.4 Å². The van der Waals surface area contributed by atoms with Crippen LogP contribution in [0.5, 0.6) is 0 Å². The molecule has 0 aliphatic heterocycles. The van der Waals surface area contributed by atoms with Crippen molar-refractivity contribution in [2.75, 3.05) is 26.0 Å². The molecule has 100 valence electrons. The van der Waals surface area contributed by atoms with Gasteiger partial charge in [0.25, 0.3) is 0 Å². The Kier molecular flexibility index (Phi) is 6.01. The number of anilines is 1. The molecule has 1 atom stereocenters. The molecule has 1 aromatic rings. The summed E-state index contributed by atoms with van der Waals surface area (Å²) in [5, 5.41) is 2.64. The summed E-state index contributed by atoms with van der Waals surface area (Å²) in [5.41, 5.74) is 7.76. The van der Waals surface area contributed by atoms with Gasteiger partial charge in [0, 0.05) is 24.2 Å². The van der Waals surface area contributed by atoms with E-state index in [1.54, 1.807) is 7.11 Å². The molecule has 1 rings (SSSR count). The van der Waals surface area contributed by atoms with Gasteiger partial charge in [-0.05, 0) is 25.5 Å². The summed E-state index contributed by atoms with van der Waals surface area (Å²) in [7, 11) is 1.61. The molecule has 18 heavy (non-hydrogen) atoms. The van der Waals surface area contributed by atoms with Crippen LogP contribution in [0.1, 0.15) is 12.5 Å². The predicted molar refractivity (Wildman–Crippen MR) is 75.8 cm³/mol. The smallest absolute Gasteiger partial charge is 0.233 e. The number of nitrogens with one attached hydrogen (secondary N) is 1. The summed E-state index contributed by atoms with van der Waals surface area (Å²) < 4.78 is 4.88. The number of nitrogen functional groups attached to an aromatic ring is 1. The zero-order valence-electron chi connectivity index (χ0n) is 11.0. The quantitative estimate of drug-likeness (QED) is 0.469. The van der Waals surface area contributed by atoms with Gasteiger partial charge in [-0.15, -0.1) is 11.8 Å². The molecule has 0 radical (unpaired) electrons. The van der Waals surface area contributed by atoms with Crippen LogP contribution < -0.4 is 11.1 Å². The second kappa shape index (κ2) is 7.28. The van der Waals surface area contributed by atoms with E-state index < -0.39 is 0 Å². The zero-order valence-corrected chi connectivity index (χ0v) is 11.8. The first-order chi connectivity index (χ1) is 8.56. The monoisotopic (exact) mass is 268 g/mol. The fourth-order valence-corrected chi connectivity index (χ4v) is 2.44. The molecule has 0 saturated carbocycles. The lowest BCUT2D eigenvalue weighted by molar-refractivity contribution is -0.120. The minimum atomic E-state index is -0.175. The summed E-state index contributed by atoms with van der Waals surface area (Å²) in [6.07, 6.45) is 0. The number of para-hydroxylation sites is 1. The molecule has 4 nitrogen and oxygen atoms in total. The van der Waals surface area contributed by atoms with Gasteiger partial charge in [-0.25, -0.2) is 0 Å². The third-order valence-corrected chi connectivity index (χ3v) is 3.74. The van der Waals surface area contributed by atoms with E-state index in [9.17, 15) is 4.79 Å². The topological polar surface area (TPSA) is 64.3 Å². The lowest BCUT2D eigenvalue weighted by Crippen LogP contribution is -2.33. The number of rotatable bonds is 6. The van der Waals surface area contributed by atoms with E-state index >= 15 is 0 Å². The molecule has 0 aliphatic rings. The second-order valence-corrected chi connectivity index (χ2v) is 5.41. The van der Waals surface area contributed by atoms with Crippen molar-refractivity contribution < 1.29 is 9.53 Å². The van der Waals surface area contributed by atoms with Crippen molar-refractivity contribution in [1.29, 1.82) is 0 Å². The average molecular weight is 268 g/mol. The fourth-order valence-electron chi connectivity index (χ4n) is 1.42. The number of hydrogen-bond donors (Lipinski definition) is 2. The Morgan fingerprint density at radius 2 is 2.28 bits per heavy atom. The van der Waals surface area contributed by atoms with Gasteiger partial charge in [-0.3, -0.25) is 4.79 Å². The summed E-state index contributed by atoms with van der Waals surface area (Å²) >= 11 is 1.47. The van der Waals surface area contributed by atoms with Crippen LogP contribution in [0.15, 0.2) is 23.1 Å². The summed E-state index contributed by atoms with van der Waals surface area (Å²) in [5.74, 6) is -0.00189. The Labute approximate surface area is 112 Å². The molecule has 3 N–H and O–H groups in total. The third-order valence-electron chi connectivity index (χ3n) is 2.56. The maximum absolute atomic E-state index is 11.8. The van der Waals surface area contributed by atoms with Gasteiger partial charge in [0.1, 0.15) is 0 Å². The first kappa shape index (κ1) is 14.9. The van der Waals surface area contributed by atoms with E-state index in [4.69, 9.17) is 10.5 Å². The molecular weight excluding hydrogens is 248 g/mol. The van der Waals surface area contributed by atoms with Crippen molar-refractivity contribution in [3.05, 3.63) is 23.8 Å². The SMILES string of the molecule is COCCNC(=O)C(C)Sc1cccc(C)c1N. The van der Waals surface area contributed by atoms with Gasteiger partial charge >= 0.3 is 0 Å². The fraction of sp³-hybridized carbons (Fsp3) is 0.462.